The number of aryl methyl sites for hydroxylation is 1. The zero-order valence-corrected chi connectivity index (χ0v) is 15.6. The van der Waals surface area contributed by atoms with Crippen LogP contribution in [0.25, 0.3) is 22.2 Å². The van der Waals surface area contributed by atoms with E-state index in [1.54, 1.807) is 21.3 Å². The van der Waals surface area contributed by atoms with Crippen molar-refractivity contribution in [3.8, 4) is 28.5 Å². The summed E-state index contributed by atoms with van der Waals surface area (Å²) in [5, 5.41) is 1.24. The number of para-hydroxylation sites is 1. The van der Waals surface area contributed by atoms with Crippen LogP contribution in [-0.4, -0.2) is 32.9 Å². The molecule has 0 amide bonds. The second-order valence-electron chi connectivity index (χ2n) is 6.18. The molecule has 5 heteroatoms. The molecule has 1 aromatic heterocycles. The standard InChI is InChI=1S/C21H26N2O3/c1-24-18-12-14(13-19(25-2)21(18)26-3)20-16(9-6-7-11-22)15-8-4-5-10-17(15)23-20/h4-5,8,10,12-13,23H,6-7,9,11,22H2,1-3H3. The summed E-state index contributed by atoms with van der Waals surface area (Å²) >= 11 is 0. The van der Waals surface area contributed by atoms with Gasteiger partial charge in [0.1, 0.15) is 0 Å². The van der Waals surface area contributed by atoms with Crippen LogP contribution in [0.3, 0.4) is 0 Å². The highest BCUT2D eigenvalue weighted by atomic mass is 16.5. The van der Waals surface area contributed by atoms with Gasteiger partial charge in [0.05, 0.1) is 21.3 Å². The maximum absolute atomic E-state index is 5.68. The number of methoxy groups -OCH3 is 3. The first-order valence-corrected chi connectivity index (χ1v) is 8.83. The molecular weight excluding hydrogens is 328 g/mol. The third-order valence-corrected chi connectivity index (χ3v) is 4.65. The topological polar surface area (TPSA) is 69.5 Å². The molecule has 3 N–H and O–H groups in total. The Balaban J connectivity index is 2.16. The van der Waals surface area contributed by atoms with Gasteiger partial charge >= 0.3 is 0 Å². The van der Waals surface area contributed by atoms with E-state index < -0.39 is 0 Å². The zero-order valence-electron chi connectivity index (χ0n) is 15.6. The summed E-state index contributed by atoms with van der Waals surface area (Å²) < 4.78 is 16.5. The van der Waals surface area contributed by atoms with E-state index >= 15 is 0 Å². The number of nitrogens with two attached hydrogens (primary N) is 1. The molecule has 5 nitrogen and oxygen atoms in total. The van der Waals surface area contributed by atoms with Crippen LogP contribution in [0.2, 0.25) is 0 Å². The Morgan fingerprint density at radius 3 is 2.23 bits per heavy atom. The number of unbranched alkanes of at least 4 members (excludes halogenated alkanes) is 1. The molecule has 0 unspecified atom stereocenters. The van der Waals surface area contributed by atoms with Crippen LogP contribution in [0, 0.1) is 0 Å². The van der Waals surface area contributed by atoms with E-state index in [0.29, 0.717) is 23.8 Å². The molecule has 0 fully saturated rings. The fraction of sp³-hybridized carbons (Fsp3) is 0.333. The first-order valence-electron chi connectivity index (χ1n) is 8.83. The van der Waals surface area contributed by atoms with Crippen molar-refractivity contribution >= 4 is 10.9 Å². The summed E-state index contributed by atoms with van der Waals surface area (Å²) in [4.78, 5) is 3.56. The van der Waals surface area contributed by atoms with Gasteiger partial charge in [0.15, 0.2) is 11.5 Å². The Hall–Kier alpha value is -2.66. The van der Waals surface area contributed by atoms with Crippen molar-refractivity contribution in [2.24, 2.45) is 5.73 Å². The third-order valence-electron chi connectivity index (χ3n) is 4.65. The molecule has 0 spiro atoms. The normalized spacial score (nSPS) is 10.9. The number of fused-ring (bicyclic) bond motifs is 1. The molecule has 3 rings (SSSR count). The quantitative estimate of drug-likeness (QED) is 0.597. The monoisotopic (exact) mass is 354 g/mol. The van der Waals surface area contributed by atoms with Gasteiger partial charge < -0.3 is 24.9 Å². The molecule has 0 saturated carbocycles. The molecule has 0 radical (unpaired) electrons. The van der Waals surface area contributed by atoms with E-state index in [4.69, 9.17) is 19.9 Å². The van der Waals surface area contributed by atoms with Crippen LogP contribution in [-0.2, 0) is 6.42 Å². The highest BCUT2D eigenvalue weighted by Gasteiger charge is 2.18. The molecule has 2 aromatic carbocycles. The van der Waals surface area contributed by atoms with Gasteiger partial charge in [-0.1, -0.05) is 18.2 Å². The first-order chi connectivity index (χ1) is 12.7. The minimum absolute atomic E-state index is 0.597. The molecule has 0 aliphatic carbocycles. The SMILES string of the molecule is COc1cc(-c2[nH]c3ccccc3c2CCCCN)cc(OC)c1OC. The van der Waals surface area contributed by atoms with Crippen molar-refractivity contribution in [3.05, 3.63) is 42.0 Å². The summed E-state index contributed by atoms with van der Waals surface area (Å²) in [5.41, 5.74) is 10.2. The number of rotatable bonds is 8. The number of aromatic amines is 1. The number of aromatic nitrogens is 1. The van der Waals surface area contributed by atoms with Crippen molar-refractivity contribution in [1.82, 2.24) is 4.98 Å². The van der Waals surface area contributed by atoms with Crippen molar-refractivity contribution in [1.29, 1.82) is 0 Å². The maximum Gasteiger partial charge on any atom is 0.203 e. The lowest BCUT2D eigenvalue weighted by Crippen LogP contribution is -2.00. The van der Waals surface area contributed by atoms with Crippen molar-refractivity contribution in [2.75, 3.05) is 27.9 Å². The predicted molar refractivity (Wildman–Crippen MR) is 105 cm³/mol. The van der Waals surface area contributed by atoms with Gasteiger partial charge in [-0.2, -0.15) is 0 Å². The minimum Gasteiger partial charge on any atom is -0.493 e. The van der Waals surface area contributed by atoms with Crippen molar-refractivity contribution < 1.29 is 14.2 Å². The molecule has 0 aliphatic rings. The number of benzene rings is 2. The smallest absolute Gasteiger partial charge is 0.203 e. The number of hydrogen-bond donors (Lipinski definition) is 2. The summed E-state index contributed by atoms with van der Waals surface area (Å²) in [6, 6.07) is 12.3. The molecule has 0 atom stereocenters. The Labute approximate surface area is 154 Å². The average molecular weight is 354 g/mol. The van der Waals surface area contributed by atoms with Crippen LogP contribution >= 0.6 is 0 Å². The van der Waals surface area contributed by atoms with Gasteiger partial charge in [0, 0.05) is 22.2 Å². The van der Waals surface area contributed by atoms with Gasteiger partial charge in [-0.05, 0) is 49.6 Å². The highest BCUT2D eigenvalue weighted by Crippen LogP contribution is 2.42. The molecule has 0 bridgehead atoms. The molecular formula is C21H26N2O3. The Morgan fingerprint density at radius 1 is 0.923 bits per heavy atom. The third kappa shape index (κ3) is 3.35. The van der Waals surface area contributed by atoms with E-state index in [9.17, 15) is 0 Å². The molecule has 0 saturated heterocycles. The van der Waals surface area contributed by atoms with Gasteiger partial charge in [-0.3, -0.25) is 0 Å². The maximum atomic E-state index is 5.68. The van der Waals surface area contributed by atoms with E-state index in [0.717, 1.165) is 36.0 Å². The lowest BCUT2D eigenvalue weighted by Gasteiger charge is -2.14. The van der Waals surface area contributed by atoms with E-state index in [-0.39, 0.29) is 0 Å². The average Bonchev–Trinajstić information content (AvgIpc) is 3.05. The molecule has 0 aliphatic heterocycles. The van der Waals surface area contributed by atoms with Gasteiger partial charge in [-0.25, -0.2) is 0 Å². The number of hydrogen-bond acceptors (Lipinski definition) is 4. The summed E-state index contributed by atoms with van der Waals surface area (Å²) in [7, 11) is 4.88. The Bertz CT molecular complexity index is 861. The summed E-state index contributed by atoms with van der Waals surface area (Å²) in [6.45, 7) is 0.710. The van der Waals surface area contributed by atoms with Crippen LogP contribution in [0.1, 0.15) is 18.4 Å². The second kappa shape index (κ2) is 8.15. The van der Waals surface area contributed by atoms with E-state index in [2.05, 4.69) is 23.2 Å². The molecule has 1 heterocycles. The lowest BCUT2D eigenvalue weighted by molar-refractivity contribution is 0.324. The fourth-order valence-electron chi connectivity index (χ4n) is 3.38. The zero-order chi connectivity index (χ0) is 18.5. The number of ether oxygens (including phenoxy) is 3. The molecule has 26 heavy (non-hydrogen) atoms. The summed E-state index contributed by atoms with van der Waals surface area (Å²) in [6.07, 6.45) is 3.02. The lowest BCUT2D eigenvalue weighted by atomic mass is 9.99. The van der Waals surface area contributed by atoms with Crippen LogP contribution in [0.15, 0.2) is 36.4 Å². The minimum atomic E-state index is 0.597. The Kier molecular flexibility index (Phi) is 5.68. The highest BCUT2D eigenvalue weighted by molar-refractivity contribution is 5.91. The van der Waals surface area contributed by atoms with Crippen LogP contribution in [0.5, 0.6) is 17.2 Å². The predicted octanol–water partition coefficient (Wildman–Crippen LogP) is 4.14. The second-order valence-corrected chi connectivity index (χ2v) is 6.18. The first kappa shape index (κ1) is 18.1. The van der Waals surface area contributed by atoms with Gasteiger partial charge in [0.25, 0.3) is 0 Å². The van der Waals surface area contributed by atoms with Gasteiger partial charge in [-0.15, -0.1) is 0 Å². The largest absolute Gasteiger partial charge is 0.493 e. The van der Waals surface area contributed by atoms with Crippen molar-refractivity contribution in [3.63, 3.8) is 0 Å². The van der Waals surface area contributed by atoms with Gasteiger partial charge in [0.2, 0.25) is 5.75 Å². The number of nitrogens with one attached hydrogen (secondary N) is 1. The van der Waals surface area contributed by atoms with E-state index in [1.807, 2.05) is 18.2 Å². The summed E-state index contributed by atoms with van der Waals surface area (Å²) in [5.74, 6) is 1.89. The van der Waals surface area contributed by atoms with Crippen molar-refractivity contribution in [2.45, 2.75) is 19.3 Å². The molecule has 138 valence electrons. The molecule has 3 aromatic rings. The Morgan fingerprint density at radius 2 is 1.62 bits per heavy atom. The van der Waals surface area contributed by atoms with Crippen LogP contribution in [0.4, 0.5) is 0 Å². The number of H-pyrrole nitrogens is 1. The van der Waals surface area contributed by atoms with E-state index in [1.165, 1.54) is 10.9 Å². The van der Waals surface area contributed by atoms with Crippen LogP contribution < -0.4 is 19.9 Å². The fourth-order valence-corrected chi connectivity index (χ4v) is 3.38.